The normalized spacial score (nSPS) is 25.4. The molecule has 3 rings (SSSR count). The second-order valence-electron chi connectivity index (χ2n) is 5.25. The van der Waals surface area contributed by atoms with Crippen molar-refractivity contribution in [3.63, 3.8) is 0 Å². The lowest BCUT2D eigenvalue weighted by Crippen LogP contribution is -2.40. The van der Waals surface area contributed by atoms with E-state index in [9.17, 15) is 0 Å². The van der Waals surface area contributed by atoms with Gasteiger partial charge in [0.25, 0.3) is 0 Å². The molecule has 0 aromatic carbocycles. The monoisotopic (exact) mass is 266 g/mol. The predicted octanol–water partition coefficient (Wildman–Crippen LogP) is 3.10. The van der Waals surface area contributed by atoms with Gasteiger partial charge in [0.15, 0.2) is 0 Å². The van der Waals surface area contributed by atoms with Gasteiger partial charge in [-0.3, -0.25) is 4.98 Å². The van der Waals surface area contributed by atoms with Gasteiger partial charge in [0.05, 0.1) is 22.5 Å². The van der Waals surface area contributed by atoms with Crippen LogP contribution in [-0.4, -0.2) is 18.1 Å². The zero-order chi connectivity index (χ0) is 12.8. The van der Waals surface area contributed by atoms with Crippen LogP contribution in [0.15, 0.2) is 6.07 Å². The van der Waals surface area contributed by atoms with Crippen LogP contribution in [0, 0.1) is 6.92 Å². The average molecular weight is 267 g/mol. The lowest BCUT2D eigenvalue weighted by Gasteiger charge is -2.34. The lowest BCUT2D eigenvalue weighted by molar-refractivity contribution is -0.0969. The van der Waals surface area contributed by atoms with Crippen molar-refractivity contribution in [1.82, 2.24) is 10.3 Å². The maximum absolute atomic E-state index is 6.36. The van der Waals surface area contributed by atoms with Gasteiger partial charge < -0.3 is 10.1 Å². The Morgan fingerprint density at radius 2 is 2.22 bits per heavy atom. The first-order chi connectivity index (χ1) is 8.66. The molecule has 18 heavy (non-hydrogen) atoms. The molecule has 1 unspecified atom stereocenters. The second kappa shape index (κ2) is 4.48. The van der Waals surface area contributed by atoms with Crippen LogP contribution < -0.4 is 5.32 Å². The van der Waals surface area contributed by atoms with E-state index in [0.717, 1.165) is 48.8 Å². The number of aromatic nitrogens is 1. The Balaban J connectivity index is 2.10. The van der Waals surface area contributed by atoms with Crippen molar-refractivity contribution >= 4 is 11.6 Å². The molecule has 1 fully saturated rings. The molecule has 2 aliphatic rings. The number of ether oxygens (including phenoxy) is 1. The van der Waals surface area contributed by atoms with E-state index in [-0.39, 0.29) is 11.7 Å². The molecule has 0 aliphatic carbocycles. The Hall–Kier alpha value is -0.640. The summed E-state index contributed by atoms with van der Waals surface area (Å²) in [5, 5.41) is 4.14. The summed E-state index contributed by atoms with van der Waals surface area (Å²) in [6.07, 6.45) is 3.14. The molecule has 0 radical (unpaired) electrons. The predicted molar refractivity (Wildman–Crippen MR) is 71.9 cm³/mol. The molecule has 3 heterocycles. The highest BCUT2D eigenvalue weighted by Gasteiger charge is 2.46. The quantitative estimate of drug-likeness (QED) is 0.848. The standard InChI is InChI=1S/C14H19ClN2O/c1-3-12-10-8-11(15)9(2)17-13(10)14(18-12)4-6-16-7-5-14/h8,12,16H,3-7H2,1-2H3. The molecule has 3 nitrogen and oxygen atoms in total. The van der Waals surface area contributed by atoms with Crippen molar-refractivity contribution in [2.45, 2.75) is 44.8 Å². The van der Waals surface area contributed by atoms with Gasteiger partial charge in [0.1, 0.15) is 5.60 Å². The van der Waals surface area contributed by atoms with Crippen LogP contribution in [0.25, 0.3) is 0 Å². The Labute approximate surface area is 113 Å². The molecule has 1 N–H and O–H groups in total. The molecule has 1 aromatic rings. The number of hydrogen-bond donors (Lipinski definition) is 1. The molecule has 1 spiro atoms. The zero-order valence-corrected chi connectivity index (χ0v) is 11.7. The third-order valence-corrected chi connectivity index (χ3v) is 4.49. The fourth-order valence-corrected chi connectivity index (χ4v) is 3.25. The van der Waals surface area contributed by atoms with Gasteiger partial charge in [-0.25, -0.2) is 0 Å². The fraction of sp³-hybridized carbons (Fsp3) is 0.643. The number of aryl methyl sites for hydroxylation is 1. The average Bonchev–Trinajstić information content (AvgIpc) is 2.66. The summed E-state index contributed by atoms with van der Waals surface area (Å²) in [5.41, 5.74) is 3.08. The smallest absolute Gasteiger partial charge is 0.114 e. The number of nitrogens with zero attached hydrogens (tertiary/aromatic N) is 1. The highest BCUT2D eigenvalue weighted by molar-refractivity contribution is 6.31. The van der Waals surface area contributed by atoms with E-state index in [4.69, 9.17) is 21.3 Å². The maximum atomic E-state index is 6.36. The molecule has 1 saturated heterocycles. The van der Waals surface area contributed by atoms with E-state index in [1.54, 1.807) is 0 Å². The van der Waals surface area contributed by atoms with Crippen LogP contribution in [0.1, 0.15) is 49.2 Å². The second-order valence-corrected chi connectivity index (χ2v) is 5.66. The van der Waals surface area contributed by atoms with Gasteiger partial charge >= 0.3 is 0 Å². The highest BCUT2D eigenvalue weighted by Crippen LogP contribution is 2.49. The number of piperidine rings is 1. The lowest BCUT2D eigenvalue weighted by atomic mass is 9.87. The third kappa shape index (κ3) is 1.77. The van der Waals surface area contributed by atoms with Crippen molar-refractivity contribution in [2.75, 3.05) is 13.1 Å². The minimum atomic E-state index is -0.170. The first-order valence-corrected chi connectivity index (χ1v) is 7.10. The van der Waals surface area contributed by atoms with Crippen molar-refractivity contribution in [1.29, 1.82) is 0 Å². The van der Waals surface area contributed by atoms with E-state index in [1.165, 1.54) is 5.56 Å². The fourth-order valence-electron chi connectivity index (χ4n) is 3.09. The number of fused-ring (bicyclic) bond motifs is 2. The van der Waals surface area contributed by atoms with E-state index in [2.05, 4.69) is 18.3 Å². The van der Waals surface area contributed by atoms with Crippen molar-refractivity contribution in [2.24, 2.45) is 0 Å². The molecule has 98 valence electrons. The highest BCUT2D eigenvalue weighted by atomic mass is 35.5. The molecule has 0 saturated carbocycles. The largest absolute Gasteiger partial charge is 0.361 e. The Bertz CT molecular complexity index is 469. The molecule has 0 amide bonds. The van der Waals surface area contributed by atoms with Crippen molar-refractivity contribution in [3.8, 4) is 0 Å². The van der Waals surface area contributed by atoms with E-state index < -0.39 is 0 Å². The van der Waals surface area contributed by atoms with Gasteiger partial charge in [-0.1, -0.05) is 18.5 Å². The molecule has 4 heteroatoms. The van der Waals surface area contributed by atoms with Crippen LogP contribution in [-0.2, 0) is 10.3 Å². The Morgan fingerprint density at radius 1 is 1.50 bits per heavy atom. The number of rotatable bonds is 1. The topological polar surface area (TPSA) is 34.1 Å². The Kier molecular flexibility index (Phi) is 3.08. The summed E-state index contributed by atoms with van der Waals surface area (Å²) in [6, 6.07) is 2.06. The van der Waals surface area contributed by atoms with E-state index in [1.807, 2.05) is 6.92 Å². The summed E-state index contributed by atoms with van der Waals surface area (Å²) in [5.74, 6) is 0. The van der Waals surface area contributed by atoms with Crippen LogP contribution in [0.4, 0.5) is 0 Å². The molecule has 1 aromatic heterocycles. The third-order valence-electron chi connectivity index (χ3n) is 4.11. The van der Waals surface area contributed by atoms with Gasteiger partial charge in [-0.15, -0.1) is 0 Å². The minimum absolute atomic E-state index is 0.156. The molecule has 1 atom stereocenters. The van der Waals surface area contributed by atoms with Crippen LogP contribution in [0.2, 0.25) is 5.02 Å². The SMILES string of the molecule is CCC1OC2(CCNCC2)c2nc(C)c(Cl)cc21. The molecule has 2 aliphatic heterocycles. The number of nitrogens with one attached hydrogen (secondary N) is 1. The number of pyridine rings is 1. The van der Waals surface area contributed by atoms with Crippen LogP contribution in [0.3, 0.4) is 0 Å². The molecular formula is C14H19ClN2O. The molecular weight excluding hydrogens is 248 g/mol. The van der Waals surface area contributed by atoms with Crippen LogP contribution in [0.5, 0.6) is 0 Å². The summed E-state index contributed by atoms with van der Waals surface area (Å²) in [7, 11) is 0. The summed E-state index contributed by atoms with van der Waals surface area (Å²) < 4.78 is 6.36. The van der Waals surface area contributed by atoms with Gasteiger partial charge in [-0.05, 0) is 45.3 Å². The summed E-state index contributed by atoms with van der Waals surface area (Å²) in [6.45, 7) is 6.12. The molecule has 0 bridgehead atoms. The number of halogens is 1. The van der Waals surface area contributed by atoms with E-state index >= 15 is 0 Å². The van der Waals surface area contributed by atoms with Crippen LogP contribution >= 0.6 is 11.6 Å². The Morgan fingerprint density at radius 3 is 2.89 bits per heavy atom. The van der Waals surface area contributed by atoms with Gasteiger partial charge in [-0.2, -0.15) is 0 Å². The first kappa shape index (κ1) is 12.4. The minimum Gasteiger partial charge on any atom is -0.361 e. The zero-order valence-electron chi connectivity index (χ0n) is 10.9. The number of hydrogen-bond acceptors (Lipinski definition) is 3. The van der Waals surface area contributed by atoms with Crippen molar-refractivity contribution < 1.29 is 4.74 Å². The maximum Gasteiger partial charge on any atom is 0.114 e. The first-order valence-electron chi connectivity index (χ1n) is 6.72. The van der Waals surface area contributed by atoms with Gasteiger partial charge in [0, 0.05) is 5.56 Å². The summed E-state index contributed by atoms with van der Waals surface area (Å²) in [4.78, 5) is 4.74. The van der Waals surface area contributed by atoms with Gasteiger partial charge in [0.2, 0.25) is 0 Å². The van der Waals surface area contributed by atoms with E-state index in [0.29, 0.717) is 0 Å². The summed E-state index contributed by atoms with van der Waals surface area (Å²) >= 11 is 6.21. The van der Waals surface area contributed by atoms with Crippen molar-refractivity contribution in [3.05, 3.63) is 28.0 Å².